The Hall–Kier alpha value is -1.46. The van der Waals surface area contributed by atoms with E-state index in [0.29, 0.717) is 6.04 Å². The number of pyridine rings is 1. The van der Waals surface area contributed by atoms with Gasteiger partial charge in [0.05, 0.1) is 5.51 Å². The molecule has 0 bridgehead atoms. The topological polar surface area (TPSA) is 32.3 Å². The number of rotatable bonds is 4. The van der Waals surface area contributed by atoms with Crippen LogP contribution in [-0.4, -0.2) is 41.0 Å². The van der Waals surface area contributed by atoms with E-state index in [9.17, 15) is 0 Å². The molecule has 0 saturated carbocycles. The summed E-state index contributed by atoms with van der Waals surface area (Å²) >= 11 is 1.73. The highest BCUT2D eigenvalue weighted by atomic mass is 32.1. The first-order chi connectivity index (χ1) is 9.83. The summed E-state index contributed by atoms with van der Waals surface area (Å²) in [5.41, 5.74) is 1.91. The van der Waals surface area contributed by atoms with Gasteiger partial charge in [-0.25, -0.2) is 4.98 Å². The summed E-state index contributed by atoms with van der Waals surface area (Å²) in [6.07, 6.45) is 6.34. The lowest BCUT2D eigenvalue weighted by atomic mass is 10.0. The van der Waals surface area contributed by atoms with E-state index < -0.39 is 0 Å². The molecule has 3 rings (SSSR count). The third-order valence-electron chi connectivity index (χ3n) is 3.88. The third kappa shape index (κ3) is 3.16. The van der Waals surface area contributed by atoms with Crippen molar-refractivity contribution in [2.75, 3.05) is 25.0 Å². The molecular weight excluding hydrogens is 268 g/mol. The first-order valence-corrected chi connectivity index (χ1v) is 7.94. The molecule has 1 unspecified atom stereocenters. The lowest BCUT2D eigenvalue weighted by Gasteiger charge is -2.38. The average Bonchev–Trinajstić information content (AvgIpc) is 3.01. The molecule has 3 heterocycles. The summed E-state index contributed by atoms with van der Waals surface area (Å²) in [6, 6.07) is 6.73. The van der Waals surface area contributed by atoms with Gasteiger partial charge in [0.1, 0.15) is 5.82 Å². The predicted molar refractivity (Wildman–Crippen MR) is 83.1 cm³/mol. The van der Waals surface area contributed by atoms with Crippen LogP contribution < -0.4 is 4.90 Å². The van der Waals surface area contributed by atoms with Gasteiger partial charge in [0.15, 0.2) is 0 Å². The molecule has 0 amide bonds. The van der Waals surface area contributed by atoms with Crippen LogP contribution in [0, 0.1) is 0 Å². The Bertz CT molecular complexity index is 514. The van der Waals surface area contributed by atoms with Gasteiger partial charge >= 0.3 is 0 Å². The molecule has 4 nitrogen and oxygen atoms in total. The van der Waals surface area contributed by atoms with E-state index in [1.54, 1.807) is 11.3 Å². The van der Waals surface area contributed by atoms with Crippen molar-refractivity contribution in [3.8, 4) is 0 Å². The molecule has 106 valence electrons. The van der Waals surface area contributed by atoms with E-state index in [4.69, 9.17) is 0 Å². The molecule has 0 radical (unpaired) electrons. The molecule has 1 atom stereocenters. The Morgan fingerprint density at radius 3 is 3.15 bits per heavy atom. The number of thiazole rings is 1. The zero-order valence-electron chi connectivity index (χ0n) is 11.8. The molecule has 0 aromatic carbocycles. The zero-order chi connectivity index (χ0) is 13.8. The molecule has 0 N–H and O–H groups in total. The van der Waals surface area contributed by atoms with Crippen LogP contribution in [0.15, 0.2) is 36.1 Å². The van der Waals surface area contributed by atoms with Crippen molar-refractivity contribution in [3.63, 3.8) is 0 Å². The van der Waals surface area contributed by atoms with Crippen molar-refractivity contribution in [1.82, 2.24) is 14.9 Å². The summed E-state index contributed by atoms with van der Waals surface area (Å²) < 4.78 is 0. The maximum Gasteiger partial charge on any atom is 0.128 e. The minimum Gasteiger partial charge on any atom is -0.355 e. The minimum absolute atomic E-state index is 0.591. The summed E-state index contributed by atoms with van der Waals surface area (Å²) in [7, 11) is 2.21. The van der Waals surface area contributed by atoms with Crippen molar-refractivity contribution >= 4 is 17.2 Å². The Balaban J connectivity index is 1.63. The summed E-state index contributed by atoms with van der Waals surface area (Å²) in [5, 5.41) is 0. The SMILES string of the molecule is CN(Cc1cncs1)C1CCCN(c2ccccn2)C1. The number of nitrogens with zero attached hydrogens (tertiary/aromatic N) is 4. The standard InChI is InChI=1S/C15H20N4S/c1-18(11-14-9-16-12-20-14)13-5-4-8-19(10-13)15-6-2-3-7-17-15/h2-3,6-7,9,12-13H,4-5,8,10-11H2,1H3. The van der Waals surface area contributed by atoms with E-state index in [2.05, 4.69) is 38.9 Å². The molecule has 1 aliphatic heterocycles. The van der Waals surface area contributed by atoms with E-state index >= 15 is 0 Å². The fraction of sp³-hybridized carbons (Fsp3) is 0.467. The first kappa shape index (κ1) is 13.5. The monoisotopic (exact) mass is 288 g/mol. The van der Waals surface area contributed by atoms with Gasteiger partial charge in [-0.15, -0.1) is 11.3 Å². The van der Waals surface area contributed by atoms with Gasteiger partial charge in [0.2, 0.25) is 0 Å². The maximum atomic E-state index is 4.47. The average molecular weight is 288 g/mol. The second kappa shape index (κ2) is 6.33. The summed E-state index contributed by atoms with van der Waals surface area (Å²) in [5.74, 6) is 1.10. The summed E-state index contributed by atoms with van der Waals surface area (Å²) in [4.78, 5) is 14.8. The quantitative estimate of drug-likeness (QED) is 0.866. The summed E-state index contributed by atoms with van der Waals surface area (Å²) in [6.45, 7) is 3.17. The van der Waals surface area contributed by atoms with Crippen molar-refractivity contribution in [2.24, 2.45) is 0 Å². The Labute approximate surface area is 124 Å². The van der Waals surface area contributed by atoms with Crippen LogP contribution in [0.2, 0.25) is 0 Å². The molecule has 0 spiro atoms. The molecule has 20 heavy (non-hydrogen) atoms. The fourth-order valence-electron chi connectivity index (χ4n) is 2.76. The van der Waals surface area contributed by atoms with Gasteiger partial charge < -0.3 is 4.90 Å². The van der Waals surface area contributed by atoms with Crippen LogP contribution in [0.4, 0.5) is 5.82 Å². The first-order valence-electron chi connectivity index (χ1n) is 7.06. The van der Waals surface area contributed by atoms with Gasteiger partial charge in [0, 0.05) is 42.9 Å². The second-order valence-electron chi connectivity index (χ2n) is 5.31. The number of aromatic nitrogens is 2. The number of likely N-dealkylation sites (N-methyl/N-ethyl adjacent to an activating group) is 1. The smallest absolute Gasteiger partial charge is 0.128 e. The van der Waals surface area contributed by atoms with Crippen molar-refractivity contribution in [1.29, 1.82) is 0 Å². The second-order valence-corrected chi connectivity index (χ2v) is 6.28. The van der Waals surface area contributed by atoms with Crippen LogP contribution in [0.3, 0.4) is 0 Å². The lowest BCUT2D eigenvalue weighted by Crippen LogP contribution is -2.46. The van der Waals surface area contributed by atoms with Crippen LogP contribution in [0.5, 0.6) is 0 Å². The Morgan fingerprint density at radius 1 is 1.45 bits per heavy atom. The van der Waals surface area contributed by atoms with Gasteiger partial charge in [-0.05, 0) is 32.0 Å². The Morgan fingerprint density at radius 2 is 2.40 bits per heavy atom. The fourth-order valence-corrected chi connectivity index (χ4v) is 3.42. The van der Waals surface area contributed by atoms with Crippen LogP contribution in [-0.2, 0) is 6.54 Å². The lowest BCUT2D eigenvalue weighted by molar-refractivity contribution is 0.209. The highest BCUT2D eigenvalue weighted by Gasteiger charge is 2.24. The van der Waals surface area contributed by atoms with Gasteiger partial charge in [0.25, 0.3) is 0 Å². The van der Waals surface area contributed by atoms with Crippen molar-refractivity contribution in [3.05, 3.63) is 41.0 Å². The minimum atomic E-state index is 0.591. The molecule has 1 fully saturated rings. The third-order valence-corrected chi connectivity index (χ3v) is 4.65. The molecule has 5 heteroatoms. The highest BCUT2D eigenvalue weighted by Crippen LogP contribution is 2.21. The molecule has 1 saturated heterocycles. The van der Waals surface area contributed by atoms with E-state index in [-0.39, 0.29) is 0 Å². The van der Waals surface area contributed by atoms with Crippen LogP contribution in [0.25, 0.3) is 0 Å². The van der Waals surface area contributed by atoms with E-state index in [1.165, 1.54) is 17.7 Å². The highest BCUT2D eigenvalue weighted by molar-refractivity contribution is 7.09. The van der Waals surface area contributed by atoms with Crippen LogP contribution in [0.1, 0.15) is 17.7 Å². The number of hydrogen-bond acceptors (Lipinski definition) is 5. The molecular formula is C15H20N4S. The van der Waals surface area contributed by atoms with Crippen molar-refractivity contribution in [2.45, 2.75) is 25.4 Å². The van der Waals surface area contributed by atoms with Crippen molar-refractivity contribution < 1.29 is 0 Å². The molecule has 0 aliphatic carbocycles. The number of piperidine rings is 1. The maximum absolute atomic E-state index is 4.47. The molecule has 2 aromatic rings. The normalized spacial score (nSPS) is 19.5. The van der Waals surface area contributed by atoms with Crippen LogP contribution >= 0.6 is 11.3 Å². The Kier molecular flexibility index (Phi) is 4.28. The van der Waals surface area contributed by atoms with E-state index in [0.717, 1.165) is 25.5 Å². The number of anilines is 1. The molecule has 1 aliphatic rings. The predicted octanol–water partition coefficient (Wildman–Crippen LogP) is 2.64. The zero-order valence-corrected chi connectivity index (χ0v) is 12.6. The van der Waals surface area contributed by atoms with Gasteiger partial charge in [-0.2, -0.15) is 0 Å². The van der Waals surface area contributed by atoms with E-state index in [1.807, 2.05) is 24.0 Å². The van der Waals surface area contributed by atoms with Gasteiger partial charge in [-0.3, -0.25) is 9.88 Å². The molecule has 2 aromatic heterocycles. The number of hydrogen-bond donors (Lipinski definition) is 0. The van der Waals surface area contributed by atoms with Gasteiger partial charge in [-0.1, -0.05) is 6.07 Å². The largest absolute Gasteiger partial charge is 0.355 e.